The molecule has 3 rings (SSSR count). The van der Waals surface area contributed by atoms with Crippen LogP contribution in [-0.2, 0) is 9.59 Å². The fourth-order valence-corrected chi connectivity index (χ4v) is 5.65. The molecule has 0 bridgehead atoms. The molecule has 1 heterocycles. The van der Waals surface area contributed by atoms with Gasteiger partial charge in [0.25, 0.3) is 0 Å². The minimum absolute atomic E-state index is 0.139. The standard InChI is InChI=1S/C23H40N2O2/c1-4-25-15-13-23(14-16-25)11-9-19(10-12-23)22(27)24-20-7-5-18(6-8-20)21(26)17(2)3/h17-20H,4-16H2,1-3H3,(H,24,27). The number of nitrogens with zero attached hydrogens (tertiary/aromatic N) is 1. The van der Waals surface area contributed by atoms with Crippen LogP contribution in [0, 0.1) is 23.2 Å². The Hall–Kier alpha value is -0.900. The van der Waals surface area contributed by atoms with Gasteiger partial charge in [-0.1, -0.05) is 20.8 Å². The van der Waals surface area contributed by atoms with Gasteiger partial charge in [0, 0.05) is 23.8 Å². The van der Waals surface area contributed by atoms with Gasteiger partial charge >= 0.3 is 0 Å². The minimum atomic E-state index is 0.139. The molecule has 0 atom stereocenters. The summed E-state index contributed by atoms with van der Waals surface area (Å²) in [5.74, 6) is 1.28. The third kappa shape index (κ3) is 5.13. The lowest BCUT2D eigenvalue weighted by molar-refractivity contribution is -0.128. The average molecular weight is 377 g/mol. The molecule has 1 amide bonds. The molecule has 3 fully saturated rings. The topological polar surface area (TPSA) is 49.4 Å². The van der Waals surface area contributed by atoms with Crippen molar-refractivity contribution in [3.8, 4) is 0 Å². The third-order valence-corrected chi connectivity index (χ3v) is 7.83. The fourth-order valence-electron chi connectivity index (χ4n) is 5.65. The second kappa shape index (κ2) is 9.07. The highest BCUT2D eigenvalue weighted by Gasteiger charge is 2.39. The van der Waals surface area contributed by atoms with E-state index in [1.807, 2.05) is 13.8 Å². The highest BCUT2D eigenvalue weighted by Crippen LogP contribution is 2.46. The van der Waals surface area contributed by atoms with Crippen molar-refractivity contribution in [2.24, 2.45) is 23.2 Å². The lowest BCUT2D eigenvalue weighted by atomic mass is 9.65. The molecule has 4 nitrogen and oxygen atoms in total. The van der Waals surface area contributed by atoms with Crippen LogP contribution in [0.3, 0.4) is 0 Å². The van der Waals surface area contributed by atoms with Crippen LogP contribution in [0.5, 0.6) is 0 Å². The third-order valence-electron chi connectivity index (χ3n) is 7.83. The number of Topliss-reactive ketones (excluding diaryl/α,β-unsaturated/α-hetero) is 1. The van der Waals surface area contributed by atoms with Crippen LogP contribution in [0.15, 0.2) is 0 Å². The first-order chi connectivity index (χ1) is 12.9. The number of rotatable bonds is 5. The molecule has 0 aromatic rings. The molecule has 2 aliphatic carbocycles. The lowest BCUT2D eigenvalue weighted by Gasteiger charge is -2.45. The normalized spacial score (nSPS) is 29.8. The number of piperidine rings is 1. The molecule has 1 spiro atoms. The molecule has 2 saturated carbocycles. The summed E-state index contributed by atoms with van der Waals surface area (Å²) in [4.78, 5) is 27.5. The van der Waals surface area contributed by atoms with Crippen molar-refractivity contribution in [3.05, 3.63) is 0 Å². The van der Waals surface area contributed by atoms with Crippen molar-refractivity contribution in [2.45, 2.75) is 91.0 Å². The van der Waals surface area contributed by atoms with Crippen molar-refractivity contribution < 1.29 is 9.59 Å². The van der Waals surface area contributed by atoms with E-state index in [1.54, 1.807) is 0 Å². The summed E-state index contributed by atoms with van der Waals surface area (Å²) in [6.07, 6.45) is 11.1. The van der Waals surface area contributed by atoms with E-state index in [-0.39, 0.29) is 29.7 Å². The summed E-state index contributed by atoms with van der Waals surface area (Å²) in [6.45, 7) is 9.91. The highest BCUT2D eigenvalue weighted by atomic mass is 16.2. The first-order valence-corrected chi connectivity index (χ1v) is 11.5. The minimum Gasteiger partial charge on any atom is -0.353 e. The molecule has 1 N–H and O–H groups in total. The monoisotopic (exact) mass is 376 g/mol. The predicted molar refractivity (Wildman–Crippen MR) is 109 cm³/mol. The summed E-state index contributed by atoms with van der Waals surface area (Å²) in [5, 5.41) is 3.33. The number of amides is 1. The van der Waals surface area contributed by atoms with Crippen LogP contribution >= 0.6 is 0 Å². The zero-order chi connectivity index (χ0) is 19.4. The molecule has 154 valence electrons. The van der Waals surface area contributed by atoms with Crippen LogP contribution in [-0.4, -0.2) is 42.3 Å². The summed E-state index contributed by atoms with van der Waals surface area (Å²) in [7, 11) is 0. The highest BCUT2D eigenvalue weighted by molar-refractivity contribution is 5.83. The molecule has 0 aromatic carbocycles. The van der Waals surface area contributed by atoms with Gasteiger partial charge in [-0.2, -0.15) is 0 Å². The summed E-state index contributed by atoms with van der Waals surface area (Å²) in [6, 6.07) is 0.289. The zero-order valence-electron chi connectivity index (χ0n) is 17.8. The summed E-state index contributed by atoms with van der Waals surface area (Å²) >= 11 is 0. The number of ketones is 1. The summed E-state index contributed by atoms with van der Waals surface area (Å²) in [5.41, 5.74) is 0.526. The molecule has 1 saturated heterocycles. The van der Waals surface area contributed by atoms with E-state index in [2.05, 4.69) is 17.1 Å². The quantitative estimate of drug-likeness (QED) is 0.783. The van der Waals surface area contributed by atoms with E-state index in [0.717, 1.165) is 38.5 Å². The number of carbonyl (C=O) groups excluding carboxylic acids is 2. The molecule has 1 aliphatic heterocycles. The Balaban J connectivity index is 1.40. The van der Waals surface area contributed by atoms with Gasteiger partial charge in [-0.25, -0.2) is 0 Å². The second-order valence-electron chi connectivity index (χ2n) is 9.82. The molecule has 0 unspecified atom stereocenters. The molecular formula is C23H40N2O2. The Morgan fingerprint density at radius 2 is 1.52 bits per heavy atom. The van der Waals surface area contributed by atoms with Crippen LogP contribution in [0.25, 0.3) is 0 Å². The van der Waals surface area contributed by atoms with E-state index >= 15 is 0 Å². The van der Waals surface area contributed by atoms with Crippen molar-refractivity contribution in [1.82, 2.24) is 10.2 Å². The van der Waals surface area contributed by atoms with E-state index in [1.165, 1.54) is 45.3 Å². The Bertz CT molecular complexity index is 504. The maximum atomic E-state index is 12.8. The largest absolute Gasteiger partial charge is 0.353 e. The molecule has 27 heavy (non-hydrogen) atoms. The SMILES string of the molecule is CCN1CCC2(CCC(C(=O)NC3CCC(C(=O)C(C)C)CC3)CC2)CC1. The van der Waals surface area contributed by atoms with Crippen LogP contribution < -0.4 is 5.32 Å². The average Bonchev–Trinajstić information content (AvgIpc) is 2.69. The number of hydrogen-bond donors (Lipinski definition) is 1. The predicted octanol–water partition coefficient (Wildman–Crippen LogP) is 4.18. The van der Waals surface area contributed by atoms with Gasteiger partial charge in [0.05, 0.1) is 0 Å². The first-order valence-electron chi connectivity index (χ1n) is 11.5. The van der Waals surface area contributed by atoms with Gasteiger partial charge in [-0.15, -0.1) is 0 Å². The van der Waals surface area contributed by atoms with Crippen LogP contribution in [0.4, 0.5) is 0 Å². The van der Waals surface area contributed by atoms with Crippen molar-refractivity contribution in [3.63, 3.8) is 0 Å². The number of hydrogen-bond acceptors (Lipinski definition) is 3. The van der Waals surface area contributed by atoms with Gasteiger partial charge in [-0.3, -0.25) is 9.59 Å². The van der Waals surface area contributed by atoms with Gasteiger partial charge in [0.1, 0.15) is 5.78 Å². The van der Waals surface area contributed by atoms with Gasteiger partial charge < -0.3 is 10.2 Å². The van der Waals surface area contributed by atoms with Crippen LogP contribution in [0.2, 0.25) is 0 Å². The lowest BCUT2D eigenvalue weighted by Crippen LogP contribution is -2.45. The Morgan fingerprint density at radius 3 is 2.04 bits per heavy atom. The Labute approximate surface area is 165 Å². The maximum absolute atomic E-state index is 12.8. The van der Waals surface area contributed by atoms with E-state index in [9.17, 15) is 9.59 Å². The van der Waals surface area contributed by atoms with Crippen LogP contribution in [0.1, 0.15) is 85.0 Å². The summed E-state index contributed by atoms with van der Waals surface area (Å²) < 4.78 is 0. The Kier molecular flexibility index (Phi) is 6.99. The first kappa shape index (κ1) is 20.8. The van der Waals surface area contributed by atoms with Crippen molar-refractivity contribution >= 4 is 11.7 Å². The molecular weight excluding hydrogens is 336 g/mol. The van der Waals surface area contributed by atoms with E-state index in [0.29, 0.717) is 11.2 Å². The van der Waals surface area contributed by atoms with Crippen molar-refractivity contribution in [2.75, 3.05) is 19.6 Å². The number of nitrogens with one attached hydrogen (secondary N) is 1. The van der Waals surface area contributed by atoms with Gasteiger partial charge in [-0.05, 0) is 89.3 Å². The Morgan fingerprint density at radius 1 is 0.926 bits per heavy atom. The van der Waals surface area contributed by atoms with E-state index in [4.69, 9.17) is 0 Å². The smallest absolute Gasteiger partial charge is 0.223 e. The maximum Gasteiger partial charge on any atom is 0.223 e. The van der Waals surface area contributed by atoms with Crippen molar-refractivity contribution in [1.29, 1.82) is 0 Å². The van der Waals surface area contributed by atoms with Gasteiger partial charge in [0.2, 0.25) is 5.91 Å². The molecule has 0 radical (unpaired) electrons. The van der Waals surface area contributed by atoms with E-state index < -0.39 is 0 Å². The molecule has 0 aromatic heterocycles. The molecule has 3 aliphatic rings. The fraction of sp³-hybridized carbons (Fsp3) is 0.913. The van der Waals surface area contributed by atoms with Gasteiger partial charge in [0.15, 0.2) is 0 Å². The zero-order valence-corrected chi connectivity index (χ0v) is 17.8. The number of carbonyl (C=O) groups is 2. The second-order valence-corrected chi connectivity index (χ2v) is 9.82. The molecule has 4 heteroatoms. The number of likely N-dealkylation sites (tertiary alicyclic amines) is 1.